The van der Waals surface area contributed by atoms with Crippen LogP contribution < -0.4 is 14.5 Å². The van der Waals surface area contributed by atoms with Gasteiger partial charge < -0.3 is 10.2 Å². The molecule has 27 heavy (non-hydrogen) atoms. The van der Waals surface area contributed by atoms with Crippen LogP contribution in [0.3, 0.4) is 0 Å². The van der Waals surface area contributed by atoms with Crippen molar-refractivity contribution in [2.75, 3.05) is 35.6 Å². The molecule has 1 unspecified atom stereocenters. The number of hydrogen-bond acceptors (Lipinski definition) is 4. The standard InChI is InChI=1S/C20H27N3O3S/c1-4-19(23(27(3,25)26)18-13-9-6-10-14-18)20(24)21-15-16-22(2)17-11-7-5-8-12-17/h5-14,19H,4,15-16H2,1-3H3,(H,21,24). The van der Waals surface area contributed by atoms with E-state index in [0.717, 1.165) is 11.9 Å². The number of nitrogens with zero attached hydrogens (tertiary/aromatic N) is 2. The van der Waals surface area contributed by atoms with E-state index in [0.29, 0.717) is 25.2 Å². The lowest BCUT2D eigenvalue weighted by Crippen LogP contribution is -2.50. The van der Waals surface area contributed by atoms with Crippen molar-refractivity contribution in [3.63, 3.8) is 0 Å². The van der Waals surface area contributed by atoms with Crippen LogP contribution in [-0.2, 0) is 14.8 Å². The first-order chi connectivity index (χ1) is 12.8. The van der Waals surface area contributed by atoms with E-state index in [4.69, 9.17) is 0 Å². The summed E-state index contributed by atoms with van der Waals surface area (Å²) in [6, 6.07) is 17.8. The average molecular weight is 390 g/mol. The normalized spacial score (nSPS) is 12.3. The Bertz CT molecular complexity index is 826. The highest BCUT2D eigenvalue weighted by atomic mass is 32.2. The van der Waals surface area contributed by atoms with Crippen LogP contribution in [0.15, 0.2) is 60.7 Å². The zero-order valence-corrected chi connectivity index (χ0v) is 16.8. The summed E-state index contributed by atoms with van der Waals surface area (Å²) in [7, 11) is -1.65. The molecule has 0 radical (unpaired) electrons. The summed E-state index contributed by atoms with van der Waals surface area (Å²) in [5.41, 5.74) is 1.55. The summed E-state index contributed by atoms with van der Waals surface area (Å²) in [4.78, 5) is 14.8. The Kier molecular flexibility index (Phi) is 7.24. The molecule has 7 heteroatoms. The maximum atomic E-state index is 12.7. The Morgan fingerprint density at radius 2 is 1.52 bits per heavy atom. The van der Waals surface area contributed by atoms with Gasteiger partial charge in [-0.15, -0.1) is 0 Å². The molecule has 0 aliphatic heterocycles. The first-order valence-corrected chi connectivity index (χ1v) is 10.8. The van der Waals surface area contributed by atoms with Crippen molar-refractivity contribution in [1.29, 1.82) is 0 Å². The van der Waals surface area contributed by atoms with Gasteiger partial charge in [0.15, 0.2) is 0 Å². The van der Waals surface area contributed by atoms with Crippen LogP contribution in [0.2, 0.25) is 0 Å². The van der Waals surface area contributed by atoms with Gasteiger partial charge in [-0.1, -0.05) is 43.3 Å². The van der Waals surface area contributed by atoms with Crippen LogP contribution in [0, 0.1) is 0 Å². The Morgan fingerprint density at radius 1 is 1.00 bits per heavy atom. The molecule has 0 saturated carbocycles. The van der Waals surface area contributed by atoms with Crippen molar-refractivity contribution in [3.05, 3.63) is 60.7 Å². The summed E-state index contributed by atoms with van der Waals surface area (Å²) >= 11 is 0. The van der Waals surface area contributed by atoms with E-state index in [2.05, 4.69) is 5.32 Å². The fourth-order valence-corrected chi connectivity index (χ4v) is 4.12. The summed E-state index contributed by atoms with van der Waals surface area (Å²) in [6.45, 7) is 2.85. The van der Waals surface area contributed by atoms with Gasteiger partial charge in [-0.3, -0.25) is 9.10 Å². The molecule has 1 atom stereocenters. The van der Waals surface area contributed by atoms with E-state index < -0.39 is 16.1 Å². The minimum Gasteiger partial charge on any atom is -0.373 e. The molecule has 0 aliphatic rings. The van der Waals surface area contributed by atoms with E-state index in [-0.39, 0.29) is 5.91 Å². The van der Waals surface area contributed by atoms with Gasteiger partial charge in [-0.05, 0) is 30.7 Å². The molecular formula is C20H27N3O3S. The monoisotopic (exact) mass is 389 g/mol. The Labute approximate surface area is 161 Å². The van der Waals surface area contributed by atoms with E-state index in [9.17, 15) is 13.2 Å². The molecule has 0 aliphatic carbocycles. The van der Waals surface area contributed by atoms with Gasteiger partial charge in [0.1, 0.15) is 6.04 Å². The third-order valence-corrected chi connectivity index (χ3v) is 5.46. The minimum absolute atomic E-state index is 0.298. The predicted molar refractivity (Wildman–Crippen MR) is 111 cm³/mol. The van der Waals surface area contributed by atoms with Crippen LogP contribution >= 0.6 is 0 Å². The van der Waals surface area contributed by atoms with E-state index in [1.54, 1.807) is 24.3 Å². The smallest absolute Gasteiger partial charge is 0.243 e. The third-order valence-electron chi connectivity index (χ3n) is 4.28. The average Bonchev–Trinajstić information content (AvgIpc) is 2.66. The van der Waals surface area contributed by atoms with Gasteiger partial charge in [0, 0.05) is 25.8 Å². The number of carbonyl (C=O) groups excluding carboxylic acids is 1. The van der Waals surface area contributed by atoms with Gasteiger partial charge in [-0.2, -0.15) is 0 Å². The maximum Gasteiger partial charge on any atom is 0.243 e. The quantitative estimate of drug-likeness (QED) is 0.715. The van der Waals surface area contributed by atoms with Crippen molar-refractivity contribution in [3.8, 4) is 0 Å². The summed E-state index contributed by atoms with van der Waals surface area (Å²) < 4.78 is 25.9. The molecule has 0 saturated heterocycles. The lowest BCUT2D eigenvalue weighted by atomic mass is 10.2. The van der Waals surface area contributed by atoms with E-state index in [1.807, 2.05) is 55.3 Å². The van der Waals surface area contributed by atoms with Crippen LogP contribution in [0.25, 0.3) is 0 Å². The van der Waals surface area contributed by atoms with Crippen molar-refractivity contribution in [1.82, 2.24) is 5.32 Å². The van der Waals surface area contributed by atoms with Gasteiger partial charge in [0.25, 0.3) is 0 Å². The highest BCUT2D eigenvalue weighted by Crippen LogP contribution is 2.22. The minimum atomic E-state index is -3.60. The lowest BCUT2D eigenvalue weighted by Gasteiger charge is -2.30. The van der Waals surface area contributed by atoms with E-state index in [1.165, 1.54) is 4.31 Å². The van der Waals surface area contributed by atoms with Crippen molar-refractivity contribution in [2.45, 2.75) is 19.4 Å². The Balaban J connectivity index is 2.05. The second kappa shape index (κ2) is 9.41. The molecule has 1 N–H and O–H groups in total. The maximum absolute atomic E-state index is 12.7. The van der Waals surface area contributed by atoms with Crippen molar-refractivity contribution >= 4 is 27.3 Å². The molecule has 0 spiro atoms. The number of sulfonamides is 1. The summed E-state index contributed by atoms with van der Waals surface area (Å²) in [6.07, 6.45) is 1.50. The van der Waals surface area contributed by atoms with Crippen LogP contribution in [0.5, 0.6) is 0 Å². The topological polar surface area (TPSA) is 69.7 Å². The number of hydrogen-bond donors (Lipinski definition) is 1. The second-order valence-corrected chi connectivity index (χ2v) is 8.23. The molecular weight excluding hydrogens is 362 g/mol. The number of anilines is 2. The highest BCUT2D eigenvalue weighted by molar-refractivity contribution is 7.92. The molecule has 0 fully saturated rings. The highest BCUT2D eigenvalue weighted by Gasteiger charge is 2.31. The lowest BCUT2D eigenvalue weighted by molar-refractivity contribution is -0.122. The van der Waals surface area contributed by atoms with Crippen LogP contribution in [0.1, 0.15) is 13.3 Å². The fourth-order valence-electron chi connectivity index (χ4n) is 2.91. The van der Waals surface area contributed by atoms with Crippen LogP contribution in [0.4, 0.5) is 11.4 Å². The molecule has 2 rings (SSSR count). The molecule has 2 aromatic rings. The number of benzene rings is 2. The number of likely N-dealkylation sites (N-methyl/N-ethyl adjacent to an activating group) is 1. The number of para-hydroxylation sites is 2. The first kappa shape index (κ1) is 20.8. The zero-order chi connectivity index (χ0) is 19.9. The molecule has 0 aromatic heterocycles. The number of nitrogens with one attached hydrogen (secondary N) is 1. The Morgan fingerprint density at radius 3 is 2.00 bits per heavy atom. The van der Waals surface area contributed by atoms with Crippen molar-refractivity contribution < 1.29 is 13.2 Å². The number of rotatable bonds is 9. The first-order valence-electron chi connectivity index (χ1n) is 8.93. The second-order valence-electron chi connectivity index (χ2n) is 6.37. The SMILES string of the molecule is CCC(C(=O)NCCN(C)c1ccccc1)N(c1ccccc1)S(C)(=O)=O. The predicted octanol–water partition coefficient (Wildman–Crippen LogP) is 2.48. The van der Waals surface area contributed by atoms with Gasteiger partial charge >= 0.3 is 0 Å². The van der Waals surface area contributed by atoms with Gasteiger partial charge in [-0.25, -0.2) is 8.42 Å². The zero-order valence-electron chi connectivity index (χ0n) is 16.0. The van der Waals surface area contributed by atoms with Crippen LogP contribution in [-0.4, -0.2) is 46.8 Å². The molecule has 146 valence electrons. The van der Waals surface area contributed by atoms with Gasteiger partial charge in [0.05, 0.1) is 11.9 Å². The third kappa shape index (κ3) is 5.72. The molecule has 6 nitrogen and oxygen atoms in total. The largest absolute Gasteiger partial charge is 0.373 e. The fraction of sp³-hybridized carbons (Fsp3) is 0.350. The number of carbonyl (C=O) groups is 1. The van der Waals surface area contributed by atoms with Gasteiger partial charge in [0.2, 0.25) is 15.9 Å². The summed E-state index contributed by atoms with van der Waals surface area (Å²) in [5, 5.41) is 2.87. The molecule has 0 heterocycles. The molecule has 2 aromatic carbocycles. The molecule has 1 amide bonds. The Hall–Kier alpha value is -2.54. The number of amides is 1. The molecule has 0 bridgehead atoms. The van der Waals surface area contributed by atoms with Crippen molar-refractivity contribution in [2.24, 2.45) is 0 Å². The van der Waals surface area contributed by atoms with E-state index >= 15 is 0 Å². The summed E-state index contributed by atoms with van der Waals surface area (Å²) in [5.74, 6) is -0.298.